The van der Waals surface area contributed by atoms with Gasteiger partial charge in [-0.3, -0.25) is 9.59 Å². The van der Waals surface area contributed by atoms with Crippen molar-refractivity contribution >= 4 is 34.3 Å². The number of H-pyrrole nitrogens is 1. The van der Waals surface area contributed by atoms with Crippen molar-refractivity contribution in [2.24, 2.45) is 0 Å². The Morgan fingerprint density at radius 1 is 1.11 bits per heavy atom. The van der Waals surface area contributed by atoms with E-state index in [0.717, 1.165) is 16.5 Å². The maximum absolute atomic E-state index is 14.0. The zero-order valence-corrected chi connectivity index (χ0v) is 20.4. The molecule has 5 rings (SSSR count). The molecule has 1 aromatic heterocycles. The van der Waals surface area contributed by atoms with Crippen molar-refractivity contribution in [2.75, 3.05) is 20.3 Å². The number of hydrogen-bond donors (Lipinski definition) is 2. The van der Waals surface area contributed by atoms with Crippen molar-refractivity contribution in [1.29, 1.82) is 0 Å². The number of hydrogen-bond acceptors (Lipinski definition) is 3. The maximum atomic E-state index is 14.0. The Bertz CT molecular complexity index is 1420. The molecule has 0 aliphatic carbocycles. The highest BCUT2D eigenvalue weighted by molar-refractivity contribution is 6.30. The molecular formula is C28H25ClFN3O3. The van der Waals surface area contributed by atoms with Gasteiger partial charge in [-0.2, -0.15) is 0 Å². The number of benzene rings is 3. The minimum atomic E-state index is -0.688. The Morgan fingerprint density at radius 3 is 2.67 bits per heavy atom. The number of fused-ring (bicyclic) bond motifs is 2. The van der Waals surface area contributed by atoms with Crippen LogP contribution in [0.4, 0.5) is 4.39 Å². The molecular weight excluding hydrogens is 481 g/mol. The fourth-order valence-corrected chi connectivity index (χ4v) is 5.06. The van der Waals surface area contributed by atoms with Gasteiger partial charge in [-0.25, -0.2) is 4.39 Å². The minimum absolute atomic E-state index is 0.178. The van der Waals surface area contributed by atoms with E-state index in [9.17, 15) is 14.0 Å². The molecule has 1 aliphatic rings. The van der Waals surface area contributed by atoms with Crippen LogP contribution >= 0.6 is 11.6 Å². The van der Waals surface area contributed by atoms with Crippen LogP contribution in [-0.2, 0) is 16.1 Å². The molecule has 184 valence electrons. The lowest BCUT2D eigenvalue weighted by molar-refractivity contribution is -0.124. The van der Waals surface area contributed by atoms with Gasteiger partial charge < -0.3 is 19.9 Å². The van der Waals surface area contributed by atoms with Gasteiger partial charge in [0.25, 0.3) is 5.91 Å². The van der Waals surface area contributed by atoms with Crippen LogP contribution in [0.5, 0.6) is 0 Å². The first-order chi connectivity index (χ1) is 17.5. The van der Waals surface area contributed by atoms with Gasteiger partial charge in [-0.15, -0.1) is 0 Å². The fourth-order valence-electron chi connectivity index (χ4n) is 4.93. The first-order valence-electron chi connectivity index (χ1n) is 11.7. The first kappa shape index (κ1) is 24.0. The van der Waals surface area contributed by atoms with Gasteiger partial charge in [-0.05, 0) is 47.5 Å². The molecule has 4 aromatic rings. The molecule has 8 heteroatoms. The number of halogens is 2. The number of methoxy groups -OCH3 is 1. The molecule has 0 saturated heterocycles. The molecule has 1 aliphatic heterocycles. The molecule has 0 spiro atoms. The number of nitrogens with one attached hydrogen (secondary N) is 2. The minimum Gasteiger partial charge on any atom is -0.383 e. The van der Waals surface area contributed by atoms with Gasteiger partial charge in [0.15, 0.2) is 0 Å². The Balaban J connectivity index is 1.68. The van der Waals surface area contributed by atoms with E-state index in [-0.39, 0.29) is 24.2 Å². The van der Waals surface area contributed by atoms with E-state index in [4.69, 9.17) is 16.3 Å². The zero-order chi connectivity index (χ0) is 25.2. The highest BCUT2D eigenvalue weighted by Gasteiger charge is 2.44. The van der Waals surface area contributed by atoms with Crippen molar-refractivity contribution in [2.45, 2.75) is 18.5 Å². The lowest BCUT2D eigenvalue weighted by Gasteiger charge is -2.41. The molecule has 2 heterocycles. The normalized spacial score (nSPS) is 17.3. The van der Waals surface area contributed by atoms with E-state index in [1.54, 1.807) is 48.5 Å². The molecule has 0 radical (unpaired) electrons. The lowest BCUT2D eigenvalue weighted by atomic mass is 9.79. The second-order valence-corrected chi connectivity index (χ2v) is 9.22. The monoisotopic (exact) mass is 505 g/mol. The number of aromatic nitrogens is 1. The van der Waals surface area contributed by atoms with Crippen molar-refractivity contribution in [3.8, 4) is 0 Å². The summed E-state index contributed by atoms with van der Waals surface area (Å²) in [5, 5.41) is 4.31. The summed E-state index contributed by atoms with van der Waals surface area (Å²) in [5.74, 6) is -1.45. The number of ether oxygens (including phenoxy) is 1. The third-order valence-corrected chi connectivity index (χ3v) is 6.84. The van der Waals surface area contributed by atoms with Crippen LogP contribution < -0.4 is 5.32 Å². The SMILES string of the molecule is COCCNC(=O)C1c2ccccc2C(=O)N(Cc2ccc(Cl)cc2)C1c1c[nH]c2cc(F)ccc12. The van der Waals surface area contributed by atoms with Gasteiger partial charge in [0.1, 0.15) is 5.82 Å². The maximum Gasteiger partial charge on any atom is 0.255 e. The van der Waals surface area contributed by atoms with Crippen molar-refractivity contribution in [3.63, 3.8) is 0 Å². The number of rotatable bonds is 7. The van der Waals surface area contributed by atoms with Gasteiger partial charge in [-0.1, -0.05) is 41.9 Å². The van der Waals surface area contributed by atoms with Crippen LogP contribution in [0.15, 0.2) is 72.9 Å². The second kappa shape index (κ2) is 10.1. The zero-order valence-electron chi connectivity index (χ0n) is 19.6. The summed E-state index contributed by atoms with van der Waals surface area (Å²) in [4.78, 5) is 32.4. The van der Waals surface area contributed by atoms with Crippen LogP contribution in [-0.4, -0.2) is 42.0 Å². The summed E-state index contributed by atoms with van der Waals surface area (Å²) in [7, 11) is 1.57. The van der Waals surface area contributed by atoms with E-state index < -0.39 is 12.0 Å². The highest BCUT2D eigenvalue weighted by Crippen LogP contribution is 2.45. The third-order valence-electron chi connectivity index (χ3n) is 6.59. The van der Waals surface area contributed by atoms with Gasteiger partial charge in [0.2, 0.25) is 5.91 Å². The quantitative estimate of drug-likeness (QED) is 0.339. The van der Waals surface area contributed by atoms with E-state index in [0.29, 0.717) is 34.8 Å². The molecule has 0 saturated carbocycles. The Labute approximate surface area is 213 Å². The molecule has 2 unspecified atom stereocenters. The molecule has 36 heavy (non-hydrogen) atoms. The summed E-state index contributed by atoms with van der Waals surface area (Å²) in [6.45, 7) is 0.972. The smallest absolute Gasteiger partial charge is 0.255 e. The predicted molar refractivity (Wildman–Crippen MR) is 136 cm³/mol. The van der Waals surface area contributed by atoms with Crippen LogP contribution in [0, 0.1) is 5.82 Å². The van der Waals surface area contributed by atoms with Gasteiger partial charge in [0, 0.05) is 53.4 Å². The largest absolute Gasteiger partial charge is 0.383 e. The number of nitrogens with zero attached hydrogens (tertiary/aromatic N) is 1. The van der Waals surface area contributed by atoms with Crippen LogP contribution in [0.2, 0.25) is 5.02 Å². The van der Waals surface area contributed by atoms with Crippen LogP contribution in [0.25, 0.3) is 10.9 Å². The van der Waals surface area contributed by atoms with E-state index in [1.807, 2.05) is 24.3 Å². The van der Waals surface area contributed by atoms with Crippen molar-refractivity contribution < 1.29 is 18.7 Å². The van der Waals surface area contributed by atoms with Crippen LogP contribution in [0.3, 0.4) is 0 Å². The number of amides is 2. The average molecular weight is 506 g/mol. The first-order valence-corrected chi connectivity index (χ1v) is 12.0. The van der Waals surface area contributed by atoms with Crippen molar-refractivity contribution in [3.05, 3.63) is 106 Å². The summed E-state index contributed by atoms with van der Waals surface area (Å²) < 4.78 is 19.1. The summed E-state index contributed by atoms with van der Waals surface area (Å²) >= 11 is 6.08. The topological polar surface area (TPSA) is 74.4 Å². The van der Waals surface area contributed by atoms with Gasteiger partial charge >= 0.3 is 0 Å². The Kier molecular flexibility index (Phi) is 6.76. The second-order valence-electron chi connectivity index (χ2n) is 8.79. The summed E-state index contributed by atoms with van der Waals surface area (Å²) in [6, 6.07) is 18.3. The molecule has 2 atom stereocenters. The predicted octanol–water partition coefficient (Wildman–Crippen LogP) is 5.20. The van der Waals surface area contributed by atoms with E-state index in [2.05, 4.69) is 10.3 Å². The van der Waals surface area contributed by atoms with Crippen molar-refractivity contribution in [1.82, 2.24) is 15.2 Å². The highest BCUT2D eigenvalue weighted by atomic mass is 35.5. The molecule has 0 fully saturated rings. The van der Waals surface area contributed by atoms with E-state index in [1.165, 1.54) is 12.1 Å². The third kappa shape index (κ3) is 4.47. The van der Waals surface area contributed by atoms with Crippen LogP contribution in [0.1, 0.15) is 39.0 Å². The summed E-state index contributed by atoms with van der Waals surface area (Å²) in [6.07, 6.45) is 1.76. The lowest BCUT2D eigenvalue weighted by Crippen LogP contribution is -2.47. The molecule has 3 aromatic carbocycles. The summed E-state index contributed by atoms with van der Waals surface area (Å²) in [5.41, 5.74) is 3.36. The molecule has 2 N–H and O–H groups in total. The number of carbonyl (C=O) groups is 2. The number of carbonyl (C=O) groups excluding carboxylic acids is 2. The Morgan fingerprint density at radius 2 is 1.89 bits per heavy atom. The number of aromatic amines is 1. The molecule has 2 amide bonds. The fraction of sp³-hybridized carbons (Fsp3) is 0.214. The standard InChI is InChI=1S/C28H25ClFN3O3/c1-36-13-12-31-27(34)25-21-4-2-3-5-22(21)28(35)33(16-17-6-8-18(29)9-7-17)26(25)23-15-32-24-14-19(30)10-11-20(23)24/h2-11,14-15,25-26,32H,12-13,16H2,1H3,(H,31,34). The molecule has 6 nitrogen and oxygen atoms in total. The Hall–Kier alpha value is -3.68. The average Bonchev–Trinajstić information content (AvgIpc) is 3.29. The van der Waals surface area contributed by atoms with E-state index >= 15 is 0 Å². The molecule has 0 bridgehead atoms. The van der Waals surface area contributed by atoms with Gasteiger partial charge in [0.05, 0.1) is 18.6 Å².